The summed E-state index contributed by atoms with van der Waals surface area (Å²) in [5.74, 6) is 0.699. The maximum atomic E-state index is 12.0. The molecule has 0 aromatic heterocycles. The molecule has 1 aliphatic rings. The third-order valence-electron chi connectivity index (χ3n) is 3.14. The third kappa shape index (κ3) is 4.24. The van der Waals surface area contributed by atoms with Crippen LogP contribution in [-0.4, -0.2) is 31.1 Å². The van der Waals surface area contributed by atoms with Crippen molar-refractivity contribution in [3.8, 4) is 5.75 Å². The molecule has 2 rings (SSSR count). The highest BCUT2D eigenvalue weighted by molar-refractivity contribution is 5.94. The minimum absolute atomic E-state index is 0.0390. The molecule has 1 unspecified atom stereocenters. The minimum Gasteiger partial charge on any atom is -0.491 e. The molecule has 0 bridgehead atoms. The standard InChI is InChI=1S/C15H22N2O2/c1-11(2)19-14-7-3-5-12(9-14)15(18)17-10-13-6-4-8-16-13/h3,5,7,9,11,13,16H,4,6,8,10H2,1-2H3,(H,17,18). The molecule has 4 nitrogen and oxygen atoms in total. The van der Waals surface area contributed by atoms with Crippen LogP contribution in [-0.2, 0) is 0 Å². The van der Waals surface area contributed by atoms with Gasteiger partial charge in [-0.25, -0.2) is 0 Å². The summed E-state index contributed by atoms with van der Waals surface area (Å²) in [6, 6.07) is 7.73. The Labute approximate surface area is 114 Å². The van der Waals surface area contributed by atoms with Crippen molar-refractivity contribution in [1.82, 2.24) is 10.6 Å². The number of carbonyl (C=O) groups excluding carboxylic acids is 1. The highest BCUT2D eigenvalue weighted by Gasteiger charge is 2.15. The number of amides is 1. The van der Waals surface area contributed by atoms with Crippen LogP contribution in [0.2, 0.25) is 0 Å². The quantitative estimate of drug-likeness (QED) is 0.853. The Balaban J connectivity index is 1.90. The molecule has 1 amide bonds. The Bertz CT molecular complexity index is 426. The van der Waals surface area contributed by atoms with Crippen molar-refractivity contribution in [2.24, 2.45) is 0 Å². The second kappa shape index (κ2) is 6.57. The zero-order valence-electron chi connectivity index (χ0n) is 11.6. The van der Waals surface area contributed by atoms with E-state index in [0.717, 1.165) is 18.7 Å². The largest absolute Gasteiger partial charge is 0.491 e. The van der Waals surface area contributed by atoms with Crippen molar-refractivity contribution in [1.29, 1.82) is 0 Å². The van der Waals surface area contributed by atoms with Gasteiger partial charge in [0.1, 0.15) is 5.75 Å². The Hall–Kier alpha value is -1.55. The molecule has 19 heavy (non-hydrogen) atoms. The van der Waals surface area contributed by atoms with Crippen molar-refractivity contribution in [3.05, 3.63) is 29.8 Å². The number of ether oxygens (including phenoxy) is 1. The Morgan fingerprint density at radius 2 is 2.37 bits per heavy atom. The van der Waals surface area contributed by atoms with E-state index in [4.69, 9.17) is 4.74 Å². The van der Waals surface area contributed by atoms with E-state index in [1.807, 2.05) is 32.0 Å². The first-order chi connectivity index (χ1) is 9.15. The second-order valence-corrected chi connectivity index (χ2v) is 5.20. The van der Waals surface area contributed by atoms with Crippen LogP contribution in [0.3, 0.4) is 0 Å². The van der Waals surface area contributed by atoms with Gasteiger partial charge in [-0.05, 0) is 51.4 Å². The van der Waals surface area contributed by atoms with Gasteiger partial charge in [-0.15, -0.1) is 0 Å². The average Bonchev–Trinajstić information content (AvgIpc) is 2.88. The molecule has 1 heterocycles. The molecule has 0 saturated carbocycles. The first-order valence-corrected chi connectivity index (χ1v) is 6.93. The first kappa shape index (κ1) is 13.9. The lowest BCUT2D eigenvalue weighted by atomic mass is 10.2. The molecule has 1 fully saturated rings. The normalized spacial score (nSPS) is 18.6. The summed E-state index contributed by atoms with van der Waals surface area (Å²) >= 11 is 0. The molecule has 104 valence electrons. The Morgan fingerprint density at radius 1 is 1.53 bits per heavy atom. The molecule has 1 aliphatic heterocycles. The molecular weight excluding hydrogens is 240 g/mol. The number of carbonyl (C=O) groups is 1. The van der Waals surface area contributed by atoms with E-state index in [1.54, 1.807) is 6.07 Å². The van der Waals surface area contributed by atoms with Gasteiger partial charge in [-0.1, -0.05) is 6.07 Å². The van der Waals surface area contributed by atoms with E-state index in [-0.39, 0.29) is 12.0 Å². The third-order valence-corrected chi connectivity index (χ3v) is 3.14. The van der Waals surface area contributed by atoms with E-state index >= 15 is 0 Å². The summed E-state index contributed by atoms with van der Waals surface area (Å²) in [5, 5.41) is 6.33. The van der Waals surface area contributed by atoms with Crippen LogP contribution in [0.1, 0.15) is 37.0 Å². The zero-order chi connectivity index (χ0) is 13.7. The highest BCUT2D eigenvalue weighted by Crippen LogP contribution is 2.15. The SMILES string of the molecule is CC(C)Oc1cccc(C(=O)NCC2CCCN2)c1. The van der Waals surface area contributed by atoms with Crippen molar-refractivity contribution in [3.63, 3.8) is 0 Å². The summed E-state index contributed by atoms with van der Waals surface area (Å²) in [4.78, 5) is 12.0. The molecular formula is C15H22N2O2. The Kier molecular flexibility index (Phi) is 4.80. The van der Waals surface area contributed by atoms with Crippen LogP contribution in [0, 0.1) is 0 Å². The fraction of sp³-hybridized carbons (Fsp3) is 0.533. The van der Waals surface area contributed by atoms with Crippen LogP contribution in [0.25, 0.3) is 0 Å². The minimum atomic E-state index is -0.0390. The van der Waals surface area contributed by atoms with Gasteiger partial charge in [0.2, 0.25) is 0 Å². The van der Waals surface area contributed by atoms with Gasteiger partial charge in [0.05, 0.1) is 6.10 Å². The van der Waals surface area contributed by atoms with E-state index in [9.17, 15) is 4.79 Å². The Morgan fingerprint density at radius 3 is 3.05 bits per heavy atom. The lowest BCUT2D eigenvalue weighted by molar-refractivity contribution is 0.0949. The molecule has 2 N–H and O–H groups in total. The van der Waals surface area contributed by atoms with Crippen LogP contribution >= 0.6 is 0 Å². The van der Waals surface area contributed by atoms with Gasteiger partial charge in [0.15, 0.2) is 0 Å². The van der Waals surface area contributed by atoms with Gasteiger partial charge < -0.3 is 15.4 Å². The van der Waals surface area contributed by atoms with Crippen LogP contribution < -0.4 is 15.4 Å². The van der Waals surface area contributed by atoms with Gasteiger partial charge in [0.25, 0.3) is 5.91 Å². The molecule has 1 atom stereocenters. The molecule has 1 aromatic carbocycles. The number of hydrogen-bond donors (Lipinski definition) is 2. The maximum absolute atomic E-state index is 12.0. The molecule has 1 aromatic rings. The van der Waals surface area contributed by atoms with Crippen molar-refractivity contribution >= 4 is 5.91 Å². The van der Waals surface area contributed by atoms with Crippen LogP contribution in [0.4, 0.5) is 0 Å². The number of nitrogens with one attached hydrogen (secondary N) is 2. The monoisotopic (exact) mass is 262 g/mol. The van der Waals surface area contributed by atoms with Gasteiger partial charge in [0, 0.05) is 18.2 Å². The number of benzene rings is 1. The van der Waals surface area contributed by atoms with E-state index in [1.165, 1.54) is 6.42 Å². The first-order valence-electron chi connectivity index (χ1n) is 6.93. The lowest BCUT2D eigenvalue weighted by Crippen LogP contribution is -2.37. The van der Waals surface area contributed by atoms with Crippen LogP contribution in [0.15, 0.2) is 24.3 Å². The topological polar surface area (TPSA) is 50.4 Å². The number of hydrogen-bond acceptors (Lipinski definition) is 3. The summed E-state index contributed by atoms with van der Waals surface area (Å²) < 4.78 is 5.59. The van der Waals surface area contributed by atoms with Crippen molar-refractivity contribution in [2.75, 3.05) is 13.1 Å². The van der Waals surface area contributed by atoms with E-state index in [0.29, 0.717) is 18.2 Å². The number of rotatable bonds is 5. The zero-order valence-corrected chi connectivity index (χ0v) is 11.6. The fourth-order valence-corrected chi connectivity index (χ4v) is 2.23. The fourth-order valence-electron chi connectivity index (χ4n) is 2.23. The summed E-state index contributed by atoms with van der Waals surface area (Å²) in [6.45, 7) is 5.68. The summed E-state index contributed by atoms with van der Waals surface area (Å²) in [7, 11) is 0. The van der Waals surface area contributed by atoms with Crippen molar-refractivity contribution < 1.29 is 9.53 Å². The summed E-state index contributed by atoms with van der Waals surface area (Å²) in [5.41, 5.74) is 0.649. The van der Waals surface area contributed by atoms with Gasteiger partial charge >= 0.3 is 0 Å². The predicted molar refractivity (Wildman–Crippen MR) is 75.6 cm³/mol. The van der Waals surface area contributed by atoms with E-state index in [2.05, 4.69) is 10.6 Å². The van der Waals surface area contributed by atoms with Crippen LogP contribution in [0.5, 0.6) is 5.75 Å². The molecule has 0 radical (unpaired) electrons. The average molecular weight is 262 g/mol. The molecule has 1 saturated heterocycles. The predicted octanol–water partition coefficient (Wildman–Crippen LogP) is 1.96. The lowest BCUT2D eigenvalue weighted by Gasteiger charge is -2.13. The van der Waals surface area contributed by atoms with Crippen molar-refractivity contribution in [2.45, 2.75) is 38.8 Å². The van der Waals surface area contributed by atoms with Gasteiger partial charge in [-0.3, -0.25) is 4.79 Å². The van der Waals surface area contributed by atoms with E-state index < -0.39 is 0 Å². The molecule has 0 spiro atoms. The maximum Gasteiger partial charge on any atom is 0.251 e. The highest BCUT2D eigenvalue weighted by atomic mass is 16.5. The van der Waals surface area contributed by atoms with Gasteiger partial charge in [-0.2, -0.15) is 0 Å². The summed E-state index contributed by atoms with van der Waals surface area (Å²) in [6.07, 6.45) is 2.44. The molecule has 0 aliphatic carbocycles. The smallest absolute Gasteiger partial charge is 0.251 e. The molecule has 4 heteroatoms. The second-order valence-electron chi connectivity index (χ2n) is 5.20.